The molecule has 84 valence electrons. The van der Waals surface area contributed by atoms with Gasteiger partial charge in [0, 0.05) is 0 Å². The lowest BCUT2D eigenvalue weighted by atomic mass is 9.97. The minimum absolute atomic E-state index is 0.0201. The van der Waals surface area contributed by atoms with E-state index in [1.807, 2.05) is 0 Å². The largest absolute Gasteiger partial charge is 0.433 e. The van der Waals surface area contributed by atoms with Gasteiger partial charge in [0.05, 0.1) is 10.4 Å². The molecule has 0 N–H and O–H groups in total. The van der Waals surface area contributed by atoms with Crippen LogP contribution in [-0.2, 0) is 5.41 Å². The Morgan fingerprint density at radius 2 is 2.12 bits per heavy atom. The highest BCUT2D eigenvalue weighted by Crippen LogP contribution is 2.48. The van der Waals surface area contributed by atoms with Crippen LogP contribution in [0.25, 0.3) is 0 Å². The molecule has 0 heterocycles. The van der Waals surface area contributed by atoms with Crippen molar-refractivity contribution in [3.05, 3.63) is 28.8 Å². The molecule has 0 spiro atoms. The normalized spacial score (nSPS) is 16.9. The van der Waals surface area contributed by atoms with Gasteiger partial charge >= 0.3 is 6.61 Å². The lowest BCUT2D eigenvalue weighted by molar-refractivity contribution is -0.0497. The van der Waals surface area contributed by atoms with Crippen molar-refractivity contribution in [3.63, 3.8) is 0 Å². The fourth-order valence-electron chi connectivity index (χ4n) is 1.63. The van der Waals surface area contributed by atoms with Crippen molar-refractivity contribution in [1.82, 2.24) is 0 Å². The summed E-state index contributed by atoms with van der Waals surface area (Å²) < 4.78 is 28.3. The van der Waals surface area contributed by atoms with Gasteiger partial charge in [-0.2, -0.15) is 8.78 Å². The van der Waals surface area contributed by atoms with Crippen molar-refractivity contribution in [2.45, 2.75) is 24.9 Å². The Hall–Kier alpha value is -1.27. The molecule has 4 heteroatoms. The molecule has 1 aromatic rings. The molecule has 2 rings (SSSR count). The number of halogens is 3. The average molecular weight is 243 g/mol. The third-order valence-electron chi connectivity index (χ3n) is 2.73. The maximum absolute atomic E-state index is 12.0. The van der Waals surface area contributed by atoms with Crippen LogP contribution in [0.4, 0.5) is 8.78 Å². The molecule has 1 fully saturated rings. The summed E-state index contributed by atoms with van der Waals surface area (Å²) in [4.78, 5) is 0. The Bertz CT molecular complexity index is 447. The molecule has 1 aromatic carbocycles. The lowest BCUT2D eigenvalue weighted by Gasteiger charge is -2.11. The van der Waals surface area contributed by atoms with Crippen molar-refractivity contribution < 1.29 is 13.5 Å². The molecular formula is C12H9ClF2O. The zero-order valence-electron chi connectivity index (χ0n) is 8.34. The van der Waals surface area contributed by atoms with E-state index in [1.54, 1.807) is 12.1 Å². The zero-order chi connectivity index (χ0) is 11.8. The second kappa shape index (κ2) is 3.95. The number of hydrogen-bond acceptors (Lipinski definition) is 1. The Morgan fingerprint density at radius 1 is 1.44 bits per heavy atom. The molecule has 0 aliphatic heterocycles. The molecule has 0 saturated heterocycles. The molecule has 1 aliphatic carbocycles. The summed E-state index contributed by atoms with van der Waals surface area (Å²) in [6, 6.07) is 4.73. The first-order chi connectivity index (χ1) is 7.57. The van der Waals surface area contributed by atoms with E-state index < -0.39 is 6.61 Å². The van der Waals surface area contributed by atoms with Gasteiger partial charge in [-0.05, 0) is 30.5 Å². The second-order valence-corrected chi connectivity index (χ2v) is 4.16. The van der Waals surface area contributed by atoms with Crippen molar-refractivity contribution in [2.75, 3.05) is 0 Å². The van der Waals surface area contributed by atoms with Crippen molar-refractivity contribution in [1.29, 1.82) is 0 Å². The van der Waals surface area contributed by atoms with Crippen LogP contribution >= 0.6 is 11.6 Å². The highest BCUT2D eigenvalue weighted by molar-refractivity contribution is 6.32. The lowest BCUT2D eigenvalue weighted by Crippen LogP contribution is -2.05. The quantitative estimate of drug-likeness (QED) is 0.736. The summed E-state index contributed by atoms with van der Waals surface area (Å²) in [6.07, 6.45) is 7.25. The number of ether oxygens (including phenoxy) is 1. The maximum atomic E-state index is 12.0. The van der Waals surface area contributed by atoms with Crippen LogP contribution in [0, 0.1) is 12.3 Å². The Kier molecular flexibility index (Phi) is 2.77. The number of rotatable bonds is 3. The number of hydrogen-bond donors (Lipinski definition) is 0. The smallest absolute Gasteiger partial charge is 0.387 e. The molecule has 16 heavy (non-hydrogen) atoms. The molecule has 0 unspecified atom stereocenters. The SMILES string of the molecule is C#CC1(c2ccc(OC(F)F)c(Cl)c2)CC1. The molecule has 0 aromatic heterocycles. The summed E-state index contributed by atoms with van der Waals surface area (Å²) in [6.45, 7) is -2.87. The fraction of sp³-hybridized carbons (Fsp3) is 0.333. The van der Waals surface area contributed by atoms with Crippen molar-refractivity contribution >= 4 is 11.6 Å². The number of terminal acetylenes is 1. The van der Waals surface area contributed by atoms with E-state index in [2.05, 4.69) is 10.7 Å². The Balaban J connectivity index is 2.27. The van der Waals surface area contributed by atoms with Crippen LogP contribution in [0.5, 0.6) is 5.75 Å². The predicted molar refractivity (Wildman–Crippen MR) is 57.8 cm³/mol. The van der Waals surface area contributed by atoms with Gasteiger partial charge in [-0.25, -0.2) is 0 Å². The first kappa shape index (κ1) is 11.2. The van der Waals surface area contributed by atoms with Gasteiger partial charge in [-0.1, -0.05) is 23.6 Å². The van der Waals surface area contributed by atoms with Gasteiger partial charge in [-0.15, -0.1) is 6.42 Å². The number of alkyl halides is 2. The van der Waals surface area contributed by atoms with E-state index in [0.29, 0.717) is 0 Å². The maximum Gasteiger partial charge on any atom is 0.387 e. The van der Waals surface area contributed by atoms with Crippen LogP contribution in [0.2, 0.25) is 5.02 Å². The highest BCUT2D eigenvalue weighted by atomic mass is 35.5. The molecular weight excluding hydrogens is 234 g/mol. The summed E-state index contributed by atoms with van der Waals surface area (Å²) in [5, 5.41) is 0.166. The summed E-state index contributed by atoms with van der Waals surface area (Å²) >= 11 is 5.84. The van der Waals surface area contributed by atoms with Crippen molar-refractivity contribution in [3.8, 4) is 18.1 Å². The van der Waals surface area contributed by atoms with E-state index in [4.69, 9.17) is 18.0 Å². The topological polar surface area (TPSA) is 9.23 Å². The average Bonchev–Trinajstić information content (AvgIpc) is 3.01. The van der Waals surface area contributed by atoms with E-state index in [0.717, 1.165) is 18.4 Å². The molecule has 1 saturated carbocycles. The van der Waals surface area contributed by atoms with Crippen LogP contribution in [0.15, 0.2) is 18.2 Å². The summed E-state index contributed by atoms with van der Waals surface area (Å²) in [5.74, 6) is 2.69. The minimum atomic E-state index is -2.87. The van der Waals surface area contributed by atoms with Crippen LogP contribution in [0.3, 0.4) is 0 Å². The highest BCUT2D eigenvalue weighted by Gasteiger charge is 2.42. The van der Waals surface area contributed by atoms with Gasteiger partial charge in [0.25, 0.3) is 0 Å². The van der Waals surface area contributed by atoms with E-state index in [-0.39, 0.29) is 16.2 Å². The van der Waals surface area contributed by atoms with Crippen LogP contribution in [-0.4, -0.2) is 6.61 Å². The van der Waals surface area contributed by atoms with Gasteiger partial charge in [-0.3, -0.25) is 0 Å². The first-order valence-corrected chi connectivity index (χ1v) is 5.18. The third-order valence-corrected chi connectivity index (χ3v) is 3.02. The monoisotopic (exact) mass is 242 g/mol. The molecule has 1 aliphatic rings. The third kappa shape index (κ3) is 1.98. The standard InChI is InChI=1S/C12H9ClF2O/c1-2-12(5-6-12)8-3-4-10(9(13)7-8)16-11(14)15/h1,3-4,7,11H,5-6H2. The van der Waals surface area contributed by atoms with E-state index in [1.165, 1.54) is 6.07 Å². The summed E-state index contributed by atoms with van der Waals surface area (Å²) in [5.41, 5.74) is 0.647. The molecule has 0 atom stereocenters. The van der Waals surface area contributed by atoms with E-state index in [9.17, 15) is 8.78 Å². The fourth-order valence-corrected chi connectivity index (χ4v) is 1.86. The van der Waals surface area contributed by atoms with Gasteiger partial charge < -0.3 is 4.74 Å². The molecule has 1 nitrogen and oxygen atoms in total. The summed E-state index contributed by atoms with van der Waals surface area (Å²) in [7, 11) is 0. The van der Waals surface area contributed by atoms with E-state index >= 15 is 0 Å². The molecule has 0 radical (unpaired) electrons. The molecule has 0 amide bonds. The van der Waals surface area contributed by atoms with Crippen LogP contribution in [0.1, 0.15) is 18.4 Å². The van der Waals surface area contributed by atoms with Crippen LogP contribution < -0.4 is 4.74 Å². The minimum Gasteiger partial charge on any atom is -0.433 e. The number of benzene rings is 1. The van der Waals surface area contributed by atoms with Gasteiger partial charge in [0.2, 0.25) is 0 Å². The van der Waals surface area contributed by atoms with Crippen molar-refractivity contribution in [2.24, 2.45) is 0 Å². The zero-order valence-corrected chi connectivity index (χ0v) is 9.10. The second-order valence-electron chi connectivity index (χ2n) is 3.75. The Labute approximate surface area is 97.4 Å². The predicted octanol–water partition coefficient (Wildman–Crippen LogP) is 3.61. The Morgan fingerprint density at radius 3 is 2.56 bits per heavy atom. The molecule has 0 bridgehead atoms. The van der Waals surface area contributed by atoms with Gasteiger partial charge in [0.1, 0.15) is 5.75 Å². The first-order valence-electron chi connectivity index (χ1n) is 4.80. The van der Waals surface area contributed by atoms with Gasteiger partial charge in [0.15, 0.2) is 0 Å².